The molecule has 44 heteroatoms. The van der Waals surface area contributed by atoms with Crippen molar-refractivity contribution in [3.8, 4) is 0 Å². The van der Waals surface area contributed by atoms with Crippen LogP contribution < -0.4 is 21.3 Å². The second-order valence-electron chi connectivity index (χ2n) is 29.6. The van der Waals surface area contributed by atoms with E-state index in [9.17, 15) is 61.8 Å². The van der Waals surface area contributed by atoms with Gasteiger partial charge in [0.2, 0.25) is 23.8 Å². The van der Waals surface area contributed by atoms with Gasteiger partial charge >= 0.3 is 5.97 Å². The first-order valence-electron chi connectivity index (χ1n) is 40.5. The number of carboxylic acids is 1. The summed E-state index contributed by atoms with van der Waals surface area (Å²) < 4.78 is 136. The Morgan fingerprint density at radius 3 is 0.963 bits per heavy atom. The number of aromatic nitrogens is 6. The highest BCUT2D eigenvalue weighted by atomic mass is 32.2. The van der Waals surface area contributed by atoms with Gasteiger partial charge in [0, 0.05) is 30.8 Å². The molecule has 0 aliphatic heterocycles. The predicted molar refractivity (Wildman–Crippen MR) is 498 cm³/mol. The third-order valence-corrected chi connectivity index (χ3v) is 22.9. The van der Waals surface area contributed by atoms with Crippen molar-refractivity contribution in [3.05, 3.63) is 312 Å². The molecular formula is C90H78N26O14S4. The number of nitrogens with zero attached hydrogens (tertiary/aromatic N) is 22. The van der Waals surface area contributed by atoms with Crippen molar-refractivity contribution in [2.75, 3.05) is 27.8 Å². The molecule has 40 nitrogen and oxygen atoms in total. The summed E-state index contributed by atoms with van der Waals surface area (Å²) >= 11 is 0. The fourth-order valence-electron chi connectivity index (χ4n) is 12.7. The first kappa shape index (κ1) is 93.9. The maximum absolute atomic E-state index is 13.3. The van der Waals surface area contributed by atoms with Crippen LogP contribution in [0.3, 0.4) is 0 Å². The molecule has 676 valence electrons. The van der Waals surface area contributed by atoms with Crippen LogP contribution in [0.25, 0.3) is 0 Å². The molecule has 1 atom stereocenters. The van der Waals surface area contributed by atoms with Crippen molar-refractivity contribution in [3.63, 3.8) is 0 Å². The van der Waals surface area contributed by atoms with Gasteiger partial charge in [-0.15, -0.1) is 10.2 Å². The Labute approximate surface area is 766 Å². The van der Waals surface area contributed by atoms with E-state index in [0.717, 1.165) is 28.8 Å². The van der Waals surface area contributed by atoms with Gasteiger partial charge in [0.15, 0.2) is 0 Å². The summed E-state index contributed by atoms with van der Waals surface area (Å²) in [5.41, 5.74) is 10.7. The summed E-state index contributed by atoms with van der Waals surface area (Å²) in [7, 11) is -18.4. The molecule has 0 aliphatic rings. The highest BCUT2D eigenvalue weighted by Gasteiger charge is 2.24. The van der Waals surface area contributed by atoms with E-state index in [1.165, 1.54) is 72.8 Å². The lowest BCUT2D eigenvalue weighted by molar-refractivity contribution is -0.138. The molecule has 1 unspecified atom stereocenters. The SMILES string of the molecule is Cc1cc(Cc2nc(Cc3ccc(N=Nc4ccc(N=Nc5ccccc5)cc4S(=O)(=O)O)c(C)c3)nc(NC(CCCCNc3nc(Nc4ccc(N=Nc5ccc(N=Nc6ccc(S(=O)(=O)O)cc6)cc5)c(C)c4)nc(Nc4ccc(N=Nc5ccc(N=Nc6ccccc6)cc5S(=O)(=O)O)c(C)c4)n3)C(=O)O)n2)ccc1N=Nc1ccc(N=Nc2ccc(S(=O)(=O)O)cc2)cc1. The Kier molecular flexibility index (Phi) is 29.8. The number of aryl methyl sites for hydroxylation is 4. The fraction of sp³-hybridized carbons (Fsp3) is 0.122. The quantitative estimate of drug-likeness (QED) is 0.00992. The van der Waals surface area contributed by atoms with Crippen molar-refractivity contribution >= 4 is 173 Å². The molecule has 0 aliphatic carbocycles. The van der Waals surface area contributed by atoms with Gasteiger partial charge in [-0.1, -0.05) is 60.7 Å². The molecule has 0 spiro atoms. The van der Waals surface area contributed by atoms with Gasteiger partial charge < -0.3 is 26.4 Å². The number of aliphatic carboxylic acids is 1. The summed E-state index contributed by atoms with van der Waals surface area (Å²) in [5.74, 6) is -0.340. The fourth-order valence-corrected chi connectivity index (χ4v) is 14.9. The average Bonchev–Trinajstić information content (AvgIpc) is 0.819. The van der Waals surface area contributed by atoms with Crippen LogP contribution in [-0.4, -0.2) is 105 Å². The number of carbonyl (C=O) groups is 1. The summed E-state index contributed by atoms with van der Waals surface area (Å²) in [5, 5.41) is 91.7. The number of rotatable bonds is 37. The zero-order valence-electron chi connectivity index (χ0n) is 71.1. The normalized spacial score (nSPS) is 12.5. The molecule has 0 saturated carbocycles. The van der Waals surface area contributed by atoms with Gasteiger partial charge in [-0.05, 0) is 287 Å². The Morgan fingerprint density at radius 2 is 0.612 bits per heavy atom. The lowest BCUT2D eigenvalue weighted by Crippen LogP contribution is -2.30. The number of azo groups is 8. The van der Waals surface area contributed by atoms with Gasteiger partial charge in [0.1, 0.15) is 38.9 Å². The maximum Gasteiger partial charge on any atom is 0.326 e. The zero-order valence-corrected chi connectivity index (χ0v) is 74.4. The van der Waals surface area contributed by atoms with Crippen LogP contribution in [0.5, 0.6) is 0 Å². The van der Waals surface area contributed by atoms with E-state index >= 15 is 0 Å². The lowest BCUT2D eigenvalue weighted by atomic mass is 10.1. The highest BCUT2D eigenvalue weighted by molar-refractivity contribution is 7.86. The summed E-state index contributed by atoms with van der Waals surface area (Å²) in [6, 6.07) is 69.3. The minimum atomic E-state index is -4.81. The van der Waals surface area contributed by atoms with Crippen LogP contribution in [0, 0.1) is 27.7 Å². The summed E-state index contributed by atoms with van der Waals surface area (Å²) in [4.78, 5) is 40.2. The van der Waals surface area contributed by atoms with Crippen LogP contribution in [0.4, 0.5) is 126 Å². The van der Waals surface area contributed by atoms with E-state index in [4.69, 9.17) is 29.9 Å². The molecule has 0 bridgehead atoms. The third kappa shape index (κ3) is 27.0. The molecular weight excluding hydrogens is 1800 g/mol. The van der Waals surface area contributed by atoms with E-state index in [1.54, 1.807) is 159 Å². The molecule has 134 heavy (non-hydrogen) atoms. The second kappa shape index (κ2) is 42.6. The molecule has 0 radical (unpaired) electrons. The van der Waals surface area contributed by atoms with Crippen LogP contribution in [-0.2, 0) is 58.1 Å². The molecule has 14 rings (SSSR count). The molecule has 2 aromatic heterocycles. The molecule has 0 saturated heterocycles. The maximum atomic E-state index is 13.3. The molecule has 12 aromatic carbocycles. The number of carboxylic acid groups (broad SMARTS) is 1. The van der Waals surface area contributed by atoms with Gasteiger partial charge in [-0.2, -0.15) is 130 Å². The zero-order chi connectivity index (χ0) is 94.5. The summed E-state index contributed by atoms with van der Waals surface area (Å²) in [6.45, 7) is 7.47. The molecule has 9 N–H and O–H groups in total. The van der Waals surface area contributed by atoms with E-state index in [0.29, 0.717) is 115 Å². The van der Waals surface area contributed by atoms with Gasteiger partial charge in [0.25, 0.3) is 40.5 Å². The Morgan fingerprint density at radius 1 is 0.306 bits per heavy atom. The number of anilines is 6. The number of unbranched alkanes of at least 4 members (excludes halogenated alkanes) is 1. The molecule has 14 aromatic rings. The van der Waals surface area contributed by atoms with Crippen molar-refractivity contribution in [2.45, 2.75) is 85.4 Å². The number of hydrogen-bond donors (Lipinski definition) is 9. The monoisotopic (exact) mass is 1870 g/mol. The second-order valence-corrected chi connectivity index (χ2v) is 35.2. The van der Waals surface area contributed by atoms with E-state index < -0.39 is 62.3 Å². The van der Waals surface area contributed by atoms with E-state index in [2.05, 4.69) is 103 Å². The van der Waals surface area contributed by atoms with Crippen LogP contribution in [0.1, 0.15) is 64.3 Å². The van der Waals surface area contributed by atoms with Crippen molar-refractivity contribution in [1.29, 1.82) is 0 Å². The van der Waals surface area contributed by atoms with Crippen molar-refractivity contribution < 1.29 is 61.8 Å². The predicted octanol–water partition coefficient (Wildman–Crippen LogP) is 24.4. The van der Waals surface area contributed by atoms with Crippen molar-refractivity contribution in [2.24, 2.45) is 81.8 Å². The summed E-state index contributed by atoms with van der Waals surface area (Å²) in [6.07, 6.45) is 1.09. The van der Waals surface area contributed by atoms with Crippen molar-refractivity contribution in [1.82, 2.24) is 29.9 Å². The van der Waals surface area contributed by atoms with Crippen LogP contribution in [0.15, 0.2) is 368 Å². The van der Waals surface area contributed by atoms with Gasteiger partial charge in [0.05, 0.1) is 89.4 Å². The molecule has 0 fully saturated rings. The number of nitrogens with one attached hydrogen (secondary N) is 4. The average molecular weight is 1880 g/mol. The smallest absolute Gasteiger partial charge is 0.326 e. The topological polar surface area (TPSA) is 578 Å². The van der Waals surface area contributed by atoms with Crippen LogP contribution in [0.2, 0.25) is 0 Å². The first-order valence-corrected chi connectivity index (χ1v) is 46.2. The Bertz CT molecular complexity index is 7460. The standard InChI is InChI=1S/C90H78N26O14S4/c1-55-47-59(18-40-75(55)111-107-65-24-20-63(21-25-65)103-105-67-28-36-73(37-29-67)131(119,120)121)51-84-95-85(52-60-19-41-76(56(2)48-60)113-115-79-44-34-71(53-82(79)133(125,126)127)109-101-61-13-7-5-8-14-61)97-90(96-84)94-81(86(117)118)17-11-12-46-91-87-98-88(92-69-32-42-77(57(3)49-69)112-108-66-26-22-64(23-27-66)104-106-68-30-38-74(39-31-68)132(122,123)124)100-89(99-87)93-70-33-43-78(58(4)50-70)114-116-80-45-35-72(54-83(80)134(128,129)130)110-102-62-15-9-6-10-16-62/h5-10,13-16,18-45,47-50,53-54,81H,11-12,17,46,51-52H2,1-4H3,(H,117,118)(H,119,120,121)(H,122,123,124)(H,125,126,127)(H,128,129,130)(H,94,95,96,97)(H3,91,92,93,98,99,100). The lowest BCUT2D eigenvalue weighted by Gasteiger charge is -2.16. The van der Waals surface area contributed by atoms with Gasteiger partial charge in [-0.3, -0.25) is 18.2 Å². The van der Waals surface area contributed by atoms with E-state index in [-0.39, 0.29) is 88.0 Å². The number of hydrogen-bond acceptors (Lipinski definition) is 35. The largest absolute Gasteiger partial charge is 0.480 e. The van der Waals surface area contributed by atoms with Crippen LogP contribution >= 0.6 is 0 Å². The number of benzene rings is 12. The molecule has 0 amide bonds. The Balaban J connectivity index is 0.678. The van der Waals surface area contributed by atoms with Gasteiger partial charge in [-0.25, -0.2) is 9.78 Å². The minimum absolute atomic E-state index is 0.0180. The minimum Gasteiger partial charge on any atom is -0.480 e. The third-order valence-electron chi connectivity index (χ3n) is 19.4. The Hall–Kier alpha value is -16.2. The first-order chi connectivity index (χ1) is 64.2. The highest BCUT2D eigenvalue weighted by Crippen LogP contribution is 2.38. The molecule has 2 heterocycles. The van der Waals surface area contributed by atoms with E-state index in [1.807, 2.05) is 50.2 Å².